The van der Waals surface area contributed by atoms with E-state index in [1.54, 1.807) is 37.3 Å². The van der Waals surface area contributed by atoms with Gasteiger partial charge in [0.15, 0.2) is 6.10 Å². The summed E-state index contributed by atoms with van der Waals surface area (Å²) < 4.78 is 5.73. The molecular weight excluding hydrogens is 485 g/mol. The Morgan fingerprint density at radius 1 is 0.970 bits per heavy atom. The maximum Gasteiger partial charge on any atom is 0.265 e. The molecule has 6 nitrogen and oxygen atoms in total. The summed E-state index contributed by atoms with van der Waals surface area (Å²) in [5, 5.41) is 4.24. The Labute approximate surface area is 209 Å². The zero-order chi connectivity index (χ0) is 24.1. The summed E-state index contributed by atoms with van der Waals surface area (Å²) in [6, 6.07) is 10.2. The van der Waals surface area contributed by atoms with Crippen LogP contribution in [0.1, 0.15) is 27.2 Å². The monoisotopic (exact) mass is 511 g/mol. The van der Waals surface area contributed by atoms with Crippen LogP contribution in [0.25, 0.3) is 0 Å². The molecule has 1 aliphatic heterocycles. The van der Waals surface area contributed by atoms with E-state index in [1.807, 2.05) is 24.8 Å². The molecule has 178 valence electrons. The quantitative estimate of drug-likeness (QED) is 0.513. The number of benzene rings is 2. The third-order valence-electron chi connectivity index (χ3n) is 5.34. The van der Waals surface area contributed by atoms with Gasteiger partial charge in [-0.1, -0.05) is 48.7 Å². The van der Waals surface area contributed by atoms with Gasteiger partial charge in [0.05, 0.1) is 16.4 Å². The Hall–Kier alpha value is -2.15. The second-order valence-electron chi connectivity index (χ2n) is 8.45. The lowest BCUT2D eigenvalue weighted by Gasteiger charge is -2.37. The Morgan fingerprint density at radius 3 is 2.24 bits per heavy atom. The summed E-state index contributed by atoms with van der Waals surface area (Å²) in [6.07, 6.45) is -0.251. The molecule has 0 aromatic heterocycles. The molecule has 1 unspecified atom stereocenters. The fraction of sp³-hybridized carbons (Fsp3) is 0.417. The molecule has 9 heteroatoms. The van der Waals surface area contributed by atoms with Crippen molar-refractivity contribution in [3.05, 3.63) is 51.5 Å². The van der Waals surface area contributed by atoms with Gasteiger partial charge in [-0.3, -0.25) is 9.59 Å². The molecule has 3 rings (SSSR count). The molecule has 1 fully saturated rings. The summed E-state index contributed by atoms with van der Waals surface area (Å²) in [5.41, 5.74) is 1.44. The van der Waals surface area contributed by atoms with Crippen molar-refractivity contribution >= 4 is 58.0 Å². The summed E-state index contributed by atoms with van der Waals surface area (Å²) in [5.74, 6) is 0.550. The van der Waals surface area contributed by atoms with Crippen molar-refractivity contribution in [1.82, 2.24) is 4.90 Å². The van der Waals surface area contributed by atoms with Gasteiger partial charge in [-0.2, -0.15) is 0 Å². The second kappa shape index (κ2) is 11.3. The minimum absolute atomic E-state index is 0.182. The van der Waals surface area contributed by atoms with Crippen LogP contribution in [-0.2, 0) is 9.59 Å². The number of halogens is 3. The summed E-state index contributed by atoms with van der Waals surface area (Å²) >= 11 is 18.3. The fourth-order valence-electron chi connectivity index (χ4n) is 3.61. The molecule has 1 saturated heterocycles. The Balaban J connectivity index is 1.67. The van der Waals surface area contributed by atoms with Gasteiger partial charge in [0.1, 0.15) is 5.75 Å². The van der Waals surface area contributed by atoms with Crippen molar-refractivity contribution < 1.29 is 14.3 Å². The molecule has 1 N–H and O–H groups in total. The molecule has 1 atom stereocenters. The first-order chi connectivity index (χ1) is 15.6. The lowest BCUT2D eigenvalue weighted by atomic mass is 10.1. The number of hydrogen-bond donors (Lipinski definition) is 1. The van der Waals surface area contributed by atoms with Crippen LogP contribution in [0.5, 0.6) is 5.75 Å². The Morgan fingerprint density at radius 2 is 1.61 bits per heavy atom. The Kier molecular flexibility index (Phi) is 8.74. The minimum atomic E-state index is -0.805. The van der Waals surface area contributed by atoms with Crippen LogP contribution in [0.4, 0.5) is 11.4 Å². The van der Waals surface area contributed by atoms with Gasteiger partial charge in [-0.15, -0.1) is 0 Å². The van der Waals surface area contributed by atoms with Gasteiger partial charge in [-0.05, 0) is 49.2 Å². The largest absolute Gasteiger partial charge is 0.479 e. The van der Waals surface area contributed by atoms with Gasteiger partial charge in [0, 0.05) is 42.6 Å². The highest BCUT2D eigenvalue weighted by Gasteiger charge is 2.24. The highest BCUT2D eigenvalue weighted by Crippen LogP contribution is 2.31. The minimum Gasteiger partial charge on any atom is -0.479 e. The molecule has 0 radical (unpaired) electrons. The van der Waals surface area contributed by atoms with Crippen molar-refractivity contribution in [3.63, 3.8) is 0 Å². The first-order valence-corrected chi connectivity index (χ1v) is 12.0. The molecule has 33 heavy (non-hydrogen) atoms. The first kappa shape index (κ1) is 25.5. The third-order valence-corrected chi connectivity index (χ3v) is 6.10. The van der Waals surface area contributed by atoms with Crippen LogP contribution >= 0.6 is 34.8 Å². The summed E-state index contributed by atoms with van der Waals surface area (Å²) in [6.45, 7) is 8.34. The lowest BCUT2D eigenvalue weighted by molar-refractivity contribution is -0.132. The van der Waals surface area contributed by atoms with E-state index < -0.39 is 6.10 Å². The number of nitrogens with one attached hydrogen (secondary N) is 1. The molecular formula is C24H28Cl3N3O3. The zero-order valence-electron chi connectivity index (χ0n) is 18.9. The number of rotatable bonds is 7. The third kappa shape index (κ3) is 6.92. The van der Waals surface area contributed by atoms with Crippen LogP contribution in [0.2, 0.25) is 15.1 Å². The van der Waals surface area contributed by atoms with Crippen LogP contribution in [0.3, 0.4) is 0 Å². The van der Waals surface area contributed by atoms with Crippen LogP contribution < -0.4 is 15.0 Å². The number of amides is 2. The van der Waals surface area contributed by atoms with E-state index in [0.29, 0.717) is 65.0 Å². The second-order valence-corrected chi connectivity index (χ2v) is 9.73. The number of ether oxygens (including phenoxy) is 1. The highest BCUT2D eigenvalue weighted by molar-refractivity contribution is 6.35. The number of anilines is 2. The molecule has 2 amide bonds. The van der Waals surface area contributed by atoms with Gasteiger partial charge < -0.3 is 19.9 Å². The van der Waals surface area contributed by atoms with Crippen molar-refractivity contribution in [1.29, 1.82) is 0 Å². The first-order valence-electron chi connectivity index (χ1n) is 10.9. The zero-order valence-corrected chi connectivity index (χ0v) is 21.2. The van der Waals surface area contributed by atoms with E-state index in [2.05, 4.69) is 10.2 Å². The average Bonchev–Trinajstić information content (AvgIpc) is 2.75. The van der Waals surface area contributed by atoms with E-state index in [9.17, 15) is 9.59 Å². The molecule has 0 bridgehead atoms. The SMILES string of the molecule is CC(C)CC(=O)N1CCN(c2ccc(Cl)cc2NC(=O)C(C)Oc2ccc(Cl)cc2Cl)CC1. The van der Waals surface area contributed by atoms with Crippen molar-refractivity contribution in [2.75, 3.05) is 36.4 Å². The molecule has 2 aromatic rings. The number of hydrogen-bond acceptors (Lipinski definition) is 4. The molecule has 1 heterocycles. The van der Waals surface area contributed by atoms with Gasteiger partial charge in [0.2, 0.25) is 5.91 Å². The van der Waals surface area contributed by atoms with Crippen molar-refractivity contribution in [2.45, 2.75) is 33.3 Å². The predicted octanol–water partition coefficient (Wildman–Crippen LogP) is 5.75. The fourth-order valence-corrected chi connectivity index (χ4v) is 4.23. The van der Waals surface area contributed by atoms with Gasteiger partial charge in [0.25, 0.3) is 5.91 Å². The number of nitrogens with zero attached hydrogens (tertiary/aromatic N) is 2. The molecule has 0 spiro atoms. The summed E-state index contributed by atoms with van der Waals surface area (Å²) in [4.78, 5) is 29.3. The van der Waals surface area contributed by atoms with Gasteiger partial charge >= 0.3 is 0 Å². The van der Waals surface area contributed by atoms with E-state index in [1.165, 1.54) is 0 Å². The smallest absolute Gasteiger partial charge is 0.265 e. The standard InChI is InChI=1S/C24H28Cl3N3O3/c1-15(2)12-23(31)30-10-8-29(9-11-30)21-6-4-18(26)14-20(21)28-24(32)16(3)33-22-7-5-17(25)13-19(22)27/h4-7,13-16H,8-12H2,1-3H3,(H,28,32). The maximum absolute atomic E-state index is 12.9. The van der Waals surface area contributed by atoms with Crippen LogP contribution in [0, 0.1) is 5.92 Å². The van der Waals surface area contributed by atoms with Crippen molar-refractivity contribution in [2.24, 2.45) is 5.92 Å². The van der Waals surface area contributed by atoms with E-state index in [-0.39, 0.29) is 11.8 Å². The van der Waals surface area contributed by atoms with E-state index >= 15 is 0 Å². The number of carbonyl (C=O) groups is 2. The molecule has 0 aliphatic carbocycles. The number of piperazine rings is 1. The Bertz CT molecular complexity index is 1010. The average molecular weight is 513 g/mol. The normalized spacial score (nSPS) is 14.9. The van der Waals surface area contributed by atoms with Crippen LogP contribution in [-0.4, -0.2) is 49.0 Å². The molecule has 2 aromatic carbocycles. The molecule has 1 aliphatic rings. The maximum atomic E-state index is 12.9. The molecule has 0 saturated carbocycles. The summed E-state index contributed by atoms with van der Waals surface area (Å²) in [7, 11) is 0. The lowest BCUT2D eigenvalue weighted by Crippen LogP contribution is -2.49. The van der Waals surface area contributed by atoms with Crippen molar-refractivity contribution in [3.8, 4) is 5.75 Å². The van der Waals surface area contributed by atoms with Gasteiger partial charge in [-0.25, -0.2) is 0 Å². The topological polar surface area (TPSA) is 61.9 Å². The predicted molar refractivity (Wildman–Crippen MR) is 135 cm³/mol. The van der Waals surface area contributed by atoms with E-state index in [0.717, 1.165) is 5.69 Å². The highest BCUT2D eigenvalue weighted by atomic mass is 35.5. The van der Waals surface area contributed by atoms with Crippen LogP contribution in [0.15, 0.2) is 36.4 Å². The number of carbonyl (C=O) groups excluding carboxylic acids is 2. The van der Waals surface area contributed by atoms with E-state index in [4.69, 9.17) is 39.5 Å².